The highest BCUT2D eigenvalue weighted by molar-refractivity contribution is 7.98. The minimum atomic E-state index is 0.242. The predicted molar refractivity (Wildman–Crippen MR) is 70.4 cm³/mol. The number of thioether (sulfide) groups is 1. The Bertz CT molecular complexity index is 341. The zero-order chi connectivity index (χ0) is 12.8. The summed E-state index contributed by atoms with van der Waals surface area (Å²) in [5, 5.41) is 0. The Morgan fingerprint density at radius 3 is 2.71 bits per heavy atom. The van der Waals surface area contributed by atoms with Crippen LogP contribution in [0.2, 0.25) is 0 Å². The SMILES string of the molecule is COc1nc(NN)nc(N(C)C(C)CSC)n1. The van der Waals surface area contributed by atoms with E-state index in [4.69, 9.17) is 10.6 Å². The monoisotopic (exact) mass is 258 g/mol. The van der Waals surface area contributed by atoms with Crippen molar-refractivity contribution in [2.24, 2.45) is 5.84 Å². The lowest BCUT2D eigenvalue weighted by Crippen LogP contribution is -2.32. The van der Waals surface area contributed by atoms with Crippen LogP contribution >= 0.6 is 11.8 Å². The maximum Gasteiger partial charge on any atom is 0.322 e. The second kappa shape index (κ2) is 6.45. The summed E-state index contributed by atoms with van der Waals surface area (Å²) < 4.78 is 5.00. The first-order valence-electron chi connectivity index (χ1n) is 5.10. The molecule has 1 aromatic rings. The smallest absolute Gasteiger partial charge is 0.322 e. The van der Waals surface area contributed by atoms with Crippen LogP contribution in [0.3, 0.4) is 0 Å². The van der Waals surface area contributed by atoms with Gasteiger partial charge in [0.05, 0.1) is 7.11 Å². The lowest BCUT2D eigenvalue weighted by molar-refractivity contribution is 0.378. The van der Waals surface area contributed by atoms with Gasteiger partial charge < -0.3 is 9.64 Å². The molecule has 0 aromatic carbocycles. The molecule has 1 heterocycles. The fourth-order valence-corrected chi connectivity index (χ4v) is 1.92. The Morgan fingerprint density at radius 1 is 1.47 bits per heavy atom. The van der Waals surface area contributed by atoms with Gasteiger partial charge >= 0.3 is 6.01 Å². The van der Waals surface area contributed by atoms with E-state index in [0.717, 1.165) is 5.75 Å². The molecule has 7 nitrogen and oxygen atoms in total. The van der Waals surface area contributed by atoms with Crippen molar-refractivity contribution in [3.8, 4) is 6.01 Å². The van der Waals surface area contributed by atoms with Crippen LogP contribution < -0.4 is 20.9 Å². The number of hydrazine groups is 1. The molecule has 1 unspecified atom stereocenters. The van der Waals surface area contributed by atoms with Crippen LogP contribution in [0.25, 0.3) is 0 Å². The molecule has 8 heteroatoms. The number of nitrogens with one attached hydrogen (secondary N) is 1. The summed E-state index contributed by atoms with van der Waals surface area (Å²) in [6, 6.07) is 0.550. The first kappa shape index (κ1) is 13.8. The molecule has 0 saturated heterocycles. The van der Waals surface area contributed by atoms with Crippen molar-refractivity contribution < 1.29 is 4.74 Å². The largest absolute Gasteiger partial charge is 0.467 e. The lowest BCUT2D eigenvalue weighted by Gasteiger charge is -2.24. The number of nitrogens with zero attached hydrogens (tertiary/aromatic N) is 4. The number of ether oxygens (including phenoxy) is 1. The van der Waals surface area contributed by atoms with Gasteiger partial charge in [0.15, 0.2) is 0 Å². The molecule has 0 aliphatic rings. The summed E-state index contributed by atoms with van der Waals surface area (Å²) in [7, 11) is 3.43. The third kappa shape index (κ3) is 3.60. The third-order valence-electron chi connectivity index (χ3n) is 2.30. The highest BCUT2D eigenvalue weighted by atomic mass is 32.2. The second-order valence-corrected chi connectivity index (χ2v) is 4.42. The molecule has 1 atom stereocenters. The van der Waals surface area contributed by atoms with E-state index in [1.807, 2.05) is 11.9 Å². The number of nitrogens with two attached hydrogens (primary N) is 1. The molecular weight excluding hydrogens is 240 g/mol. The topological polar surface area (TPSA) is 89.2 Å². The van der Waals surface area contributed by atoms with E-state index in [-0.39, 0.29) is 12.0 Å². The summed E-state index contributed by atoms with van der Waals surface area (Å²) in [5.74, 6) is 7.10. The average Bonchev–Trinajstić information content (AvgIpc) is 2.37. The van der Waals surface area contributed by atoms with E-state index in [2.05, 4.69) is 33.6 Å². The number of rotatable bonds is 6. The van der Waals surface area contributed by atoms with Crippen LogP contribution in [-0.4, -0.2) is 47.2 Å². The van der Waals surface area contributed by atoms with Crippen molar-refractivity contribution in [1.29, 1.82) is 0 Å². The maximum absolute atomic E-state index is 5.30. The number of hydrogen-bond acceptors (Lipinski definition) is 8. The second-order valence-electron chi connectivity index (χ2n) is 3.51. The van der Waals surface area contributed by atoms with Gasteiger partial charge in [-0.1, -0.05) is 0 Å². The quantitative estimate of drug-likeness (QED) is 0.558. The fraction of sp³-hybridized carbons (Fsp3) is 0.667. The molecule has 0 aliphatic heterocycles. The Hall–Kier alpha value is -1.28. The van der Waals surface area contributed by atoms with Gasteiger partial charge in [-0.2, -0.15) is 26.7 Å². The van der Waals surface area contributed by atoms with Crippen molar-refractivity contribution in [2.45, 2.75) is 13.0 Å². The zero-order valence-electron chi connectivity index (χ0n) is 10.5. The molecule has 0 saturated carbocycles. The summed E-state index contributed by atoms with van der Waals surface area (Å²) in [4.78, 5) is 14.3. The van der Waals surface area contributed by atoms with Crippen LogP contribution in [0, 0.1) is 0 Å². The minimum absolute atomic E-state index is 0.242. The number of hydrogen-bond donors (Lipinski definition) is 2. The van der Waals surface area contributed by atoms with E-state index in [9.17, 15) is 0 Å². The number of anilines is 2. The van der Waals surface area contributed by atoms with Gasteiger partial charge in [0.25, 0.3) is 0 Å². The molecule has 96 valence electrons. The summed E-state index contributed by atoms with van der Waals surface area (Å²) in [6.07, 6.45) is 2.06. The Labute approximate surface area is 105 Å². The third-order valence-corrected chi connectivity index (χ3v) is 3.12. The summed E-state index contributed by atoms with van der Waals surface area (Å²) in [5.41, 5.74) is 2.39. The van der Waals surface area contributed by atoms with Crippen LogP contribution in [0.5, 0.6) is 6.01 Å². The first-order chi connectivity index (χ1) is 8.12. The molecule has 0 bridgehead atoms. The standard InChI is InChI=1S/C9H18N6OS/c1-6(5-17-4)15(2)8-11-7(14-10)12-9(13-8)16-3/h6H,5,10H2,1-4H3,(H,11,12,13,14). The van der Waals surface area contributed by atoms with Gasteiger partial charge in [0, 0.05) is 18.8 Å². The molecule has 1 rings (SSSR count). The van der Waals surface area contributed by atoms with Gasteiger partial charge in [-0.05, 0) is 13.2 Å². The molecule has 1 aromatic heterocycles. The van der Waals surface area contributed by atoms with Crippen LogP contribution in [0.15, 0.2) is 0 Å². The van der Waals surface area contributed by atoms with E-state index >= 15 is 0 Å². The molecule has 17 heavy (non-hydrogen) atoms. The maximum atomic E-state index is 5.30. The zero-order valence-corrected chi connectivity index (χ0v) is 11.3. The molecule has 0 fully saturated rings. The van der Waals surface area contributed by atoms with E-state index in [1.54, 1.807) is 11.8 Å². The van der Waals surface area contributed by atoms with Crippen molar-refractivity contribution in [3.05, 3.63) is 0 Å². The van der Waals surface area contributed by atoms with Gasteiger partial charge in [-0.3, -0.25) is 5.43 Å². The molecular formula is C9H18N6OS. The van der Waals surface area contributed by atoms with Crippen molar-refractivity contribution in [2.75, 3.05) is 36.5 Å². The number of nitrogen functional groups attached to an aromatic ring is 1. The number of methoxy groups -OCH3 is 1. The van der Waals surface area contributed by atoms with Gasteiger partial charge in [0.1, 0.15) is 0 Å². The first-order valence-corrected chi connectivity index (χ1v) is 6.50. The van der Waals surface area contributed by atoms with Crippen LogP contribution in [0.4, 0.5) is 11.9 Å². The van der Waals surface area contributed by atoms with Crippen LogP contribution in [-0.2, 0) is 0 Å². The molecule has 0 amide bonds. The Balaban J connectivity index is 2.95. The van der Waals surface area contributed by atoms with Crippen LogP contribution in [0.1, 0.15) is 6.92 Å². The van der Waals surface area contributed by atoms with Gasteiger partial charge in [0.2, 0.25) is 11.9 Å². The van der Waals surface area contributed by atoms with Crippen molar-refractivity contribution in [3.63, 3.8) is 0 Å². The summed E-state index contributed by atoms with van der Waals surface area (Å²) in [6.45, 7) is 2.10. The summed E-state index contributed by atoms with van der Waals surface area (Å²) >= 11 is 1.77. The number of aromatic nitrogens is 3. The van der Waals surface area contributed by atoms with E-state index in [0.29, 0.717) is 12.0 Å². The van der Waals surface area contributed by atoms with E-state index < -0.39 is 0 Å². The highest BCUT2D eigenvalue weighted by Crippen LogP contribution is 2.16. The normalized spacial score (nSPS) is 12.1. The van der Waals surface area contributed by atoms with E-state index in [1.165, 1.54) is 7.11 Å². The Kier molecular flexibility index (Phi) is 5.23. The molecule has 0 spiro atoms. The van der Waals surface area contributed by atoms with Gasteiger partial charge in [-0.25, -0.2) is 5.84 Å². The lowest BCUT2D eigenvalue weighted by atomic mass is 10.3. The predicted octanol–water partition coefficient (Wildman–Crippen LogP) is 0.353. The fourth-order valence-electron chi connectivity index (χ4n) is 1.21. The minimum Gasteiger partial charge on any atom is -0.467 e. The van der Waals surface area contributed by atoms with Crippen molar-refractivity contribution >= 4 is 23.7 Å². The van der Waals surface area contributed by atoms with Gasteiger partial charge in [-0.15, -0.1) is 0 Å². The van der Waals surface area contributed by atoms with Crippen molar-refractivity contribution in [1.82, 2.24) is 15.0 Å². The molecule has 0 aliphatic carbocycles. The highest BCUT2D eigenvalue weighted by Gasteiger charge is 2.15. The molecule has 0 radical (unpaired) electrons. The Morgan fingerprint density at radius 2 is 2.18 bits per heavy atom. The molecule has 3 N–H and O–H groups in total. The average molecular weight is 258 g/mol.